The molecule has 5 nitrogen and oxygen atoms in total. The number of hydrogen-bond donors (Lipinski definition) is 2. The molecule has 0 bridgehead atoms. The smallest absolute Gasteiger partial charge is 0.159 e. The number of anilines is 2. The summed E-state index contributed by atoms with van der Waals surface area (Å²) in [5.41, 5.74) is 14.9. The Bertz CT molecular complexity index is 1460. The monoisotopic (exact) mass is 492 g/mol. The third-order valence-corrected chi connectivity index (χ3v) is 7.33. The molecule has 5 heteroatoms. The van der Waals surface area contributed by atoms with E-state index < -0.39 is 0 Å². The van der Waals surface area contributed by atoms with Crippen LogP contribution < -0.4 is 15.4 Å². The molecule has 3 N–H and O–H groups in total. The molecule has 188 valence electrons. The van der Waals surface area contributed by atoms with Gasteiger partial charge < -0.3 is 20.5 Å². The first kappa shape index (κ1) is 24.6. The van der Waals surface area contributed by atoms with Crippen molar-refractivity contribution in [3.8, 4) is 22.6 Å². The van der Waals surface area contributed by atoms with E-state index in [1.165, 1.54) is 0 Å². The summed E-state index contributed by atoms with van der Waals surface area (Å²) >= 11 is 0. The average molecular weight is 493 g/mol. The van der Waals surface area contributed by atoms with Crippen LogP contribution in [0.1, 0.15) is 59.3 Å². The molecule has 0 saturated heterocycles. The summed E-state index contributed by atoms with van der Waals surface area (Å²) in [5, 5.41) is 10.2. The minimum Gasteiger partial charge on any atom is -0.457 e. The second-order valence-corrected chi connectivity index (χ2v) is 9.36. The molecular weight excluding hydrogens is 460 g/mol. The van der Waals surface area contributed by atoms with E-state index in [1.807, 2.05) is 54.6 Å². The number of nitrogens with zero attached hydrogens (tertiary/aromatic N) is 1. The zero-order valence-electron chi connectivity index (χ0n) is 21.5. The van der Waals surface area contributed by atoms with E-state index >= 15 is 0 Å². The molecule has 0 radical (unpaired) electrons. The summed E-state index contributed by atoms with van der Waals surface area (Å²) < 4.78 is 6.49. The van der Waals surface area contributed by atoms with Crippen LogP contribution in [0.2, 0.25) is 0 Å². The number of benzene rings is 4. The van der Waals surface area contributed by atoms with Crippen LogP contribution in [0, 0.1) is 0 Å². The minimum absolute atomic E-state index is 0.0275. The zero-order valence-corrected chi connectivity index (χ0v) is 21.5. The fourth-order valence-electron chi connectivity index (χ4n) is 5.33. The highest BCUT2D eigenvalue weighted by Crippen LogP contribution is 2.52. The second kappa shape index (κ2) is 10.1. The van der Waals surface area contributed by atoms with Gasteiger partial charge in [-0.15, -0.1) is 0 Å². The number of hydrogen-bond acceptors (Lipinski definition) is 5. The predicted octanol–water partition coefficient (Wildman–Crippen LogP) is 6.76. The molecule has 1 unspecified atom stereocenters. The molecule has 0 spiro atoms. The number of Topliss-reactive ketones (excluding diaryl/α,β-unsaturated/α-hetero) is 1. The SMILES string of the molecule is CCN(CC)c1ccc2c(c1)Oc1ccc(-c3ccc(C(C)=O)cc3)c(N)c1C2c1ccccc1CO. The summed E-state index contributed by atoms with van der Waals surface area (Å²) in [6.45, 7) is 7.59. The molecule has 1 aliphatic rings. The molecule has 0 aromatic heterocycles. The normalized spacial score (nSPS) is 13.9. The molecule has 0 amide bonds. The number of fused-ring (bicyclic) bond motifs is 2. The van der Waals surface area contributed by atoms with Crippen molar-refractivity contribution >= 4 is 17.2 Å². The number of ether oxygens (including phenoxy) is 1. The van der Waals surface area contributed by atoms with Crippen LogP contribution in [0.5, 0.6) is 11.5 Å². The van der Waals surface area contributed by atoms with Crippen molar-refractivity contribution in [3.63, 3.8) is 0 Å². The molecule has 1 aliphatic heterocycles. The van der Waals surface area contributed by atoms with Crippen LogP contribution in [0.25, 0.3) is 11.1 Å². The van der Waals surface area contributed by atoms with Crippen LogP contribution in [-0.2, 0) is 6.61 Å². The number of rotatable bonds is 7. The van der Waals surface area contributed by atoms with E-state index in [-0.39, 0.29) is 18.3 Å². The average Bonchev–Trinajstić information content (AvgIpc) is 2.93. The minimum atomic E-state index is -0.204. The molecular formula is C32H32N2O3. The third kappa shape index (κ3) is 4.36. The standard InChI is InChI=1S/C32H32N2O3/c1-4-34(5-2)24-14-15-27-29(18-24)37-28-17-16-26(22-12-10-21(11-13-22)20(3)36)32(33)31(28)30(27)25-9-7-6-8-23(25)19-35/h6-18,30,35H,4-5,19,33H2,1-3H3. The fraction of sp³-hybridized carbons (Fsp3) is 0.219. The lowest BCUT2D eigenvalue weighted by Crippen LogP contribution is -2.22. The van der Waals surface area contributed by atoms with Crippen LogP contribution in [0.3, 0.4) is 0 Å². The Morgan fingerprint density at radius 2 is 1.65 bits per heavy atom. The maximum absolute atomic E-state index is 11.8. The van der Waals surface area contributed by atoms with Gasteiger partial charge in [0.15, 0.2) is 5.78 Å². The Kier molecular flexibility index (Phi) is 6.72. The molecule has 4 aromatic carbocycles. The second-order valence-electron chi connectivity index (χ2n) is 9.36. The van der Waals surface area contributed by atoms with Gasteiger partial charge in [-0.25, -0.2) is 0 Å². The summed E-state index contributed by atoms with van der Waals surface area (Å²) in [6, 6.07) is 25.8. The van der Waals surface area contributed by atoms with Crippen molar-refractivity contribution in [2.24, 2.45) is 0 Å². The first-order valence-corrected chi connectivity index (χ1v) is 12.8. The van der Waals surface area contributed by atoms with Crippen molar-refractivity contribution in [2.45, 2.75) is 33.3 Å². The van der Waals surface area contributed by atoms with Crippen LogP contribution in [0.15, 0.2) is 78.9 Å². The maximum Gasteiger partial charge on any atom is 0.159 e. The van der Waals surface area contributed by atoms with Gasteiger partial charge in [0.2, 0.25) is 0 Å². The molecule has 1 atom stereocenters. The molecule has 4 aromatic rings. The van der Waals surface area contributed by atoms with E-state index in [1.54, 1.807) is 6.92 Å². The Labute approximate surface area is 218 Å². The number of carbonyl (C=O) groups is 1. The Balaban J connectivity index is 1.71. The lowest BCUT2D eigenvalue weighted by atomic mass is 9.78. The molecule has 0 fully saturated rings. The van der Waals surface area contributed by atoms with Crippen molar-refractivity contribution in [1.29, 1.82) is 0 Å². The van der Waals surface area contributed by atoms with Crippen molar-refractivity contribution < 1.29 is 14.6 Å². The number of aliphatic hydroxyl groups is 1. The first-order chi connectivity index (χ1) is 18.0. The Morgan fingerprint density at radius 3 is 2.32 bits per heavy atom. The Hall–Kier alpha value is -4.09. The quantitative estimate of drug-likeness (QED) is 0.194. The van der Waals surface area contributed by atoms with Gasteiger partial charge in [0.1, 0.15) is 11.5 Å². The topological polar surface area (TPSA) is 75.8 Å². The predicted molar refractivity (Wildman–Crippen MR) is 150 cm³/mol. The van der Waals surface area contributed by atoms with Crippen LogP contribution >= 0.6 is 0 Å². The highest BCUT2D eigenvalue weighted by Gasteiger charge is 2.33. The van der Waals surface area contributed by atoms with Gasteiger partial charge >= 0.3 is 0 Å². The third-order valence-electron chi connectivity index (χ3n) is 7.33. The van der Waals surface area contributed by atoms with Gasteiger partial charge in [0.25, 0.3) is 0 Å². The van der Waals surface area contributed by atoms with Crippen molar-refractivity contribution in [3.05, 3.63) is 107 Å². The number of aliphatic hydroxyl groups excluding tert-OH is 1. The molecule has 5 rings (SSSR count). The van der Waals surface area contributed by atoms with Gasteiger partial charge in [-0.2, -0.15) is 0 Å². The van der Waals surface area contributed by atoms with Crippen molar-refractivity contribution in [2.75, 3.05) is 23.7 Å². The van der Waals surface area contributed by atoms with Crippen LogP contribution in [0.4, 0.5) is 11.4 Å². The summed E-state index contributed by atoms with van der Waals surface area (Å²) in [5.74, 6) is 1.33. The van der Waals surface area contributed by atoms with E-state index in [0.717, 1.165) is 57.9 Å². The van der Waals surface area contributed by atoms with Gasteiger partial charge in [0.05, 0.1) is 6.61 Å². The van der Waals surface area contributed by atoms with E-state index in [0.29, 0.717) is 17.0 Å². The van der Waals surface area contributed by atoms with E-state index in [2.05, 4.69) is 43.0 Å². The van der Waals surface area contributed by atoms with E-state index in [9.17, 15) is 9.90 Å². The number of nitrogen functional groups attached to an aromatic ring is 1. The molecule has 0 saturated carbocycles. The highest BCUT2D eigenvalue weighted by atomic mass is 16.5. The molecule has 0 aliphatic carbocycles. The number of ketones is 1. The molecule has 37 heavy (non-hydrogen) atoms. The molecule has 1 heterocycles. The largest absolute Gasteiger partial charge is 0.457 e. The summed E-state index contributed by atoms with van der Waals surface area (Å²) in [7, 11) is 0. The van der Waals surface area contributed by atoms with Gasteiger partial charge in [-0.1, -0.05) is 54.6 Å². The lowest BCUT2D eigenvalue weighted by Gasteiger charge is -2.33. The van der Waals surface area contributed by atoms with Gasteiger partial charge in [0, 0.05) is 58.7 Å². The lowest BCUT2D eigenvalue weighted by molar-refractivity contribution is 0.101. The zero-order chi connectivity index (χ0) is 26.1. The first-order valence-electron chi connectivity index (χ1n) is 12.8. The number of nitrogens with two attached hydrogens (primary N) is 1. The maximum atomic E-state index is 11.8. The highest BCUT2D eigenvalue weighted by molar-refractivity contribution is 5.95. The van der Waals surface area contributed by atoms with Crippen molar-refractivity contribution in [1.82, 2.24) is 0 Å². The summed E-state index contributed by atoms with van der Waals surface area (Å²) in [4.78, 5) is 14.1. The Morgan fingerprint density at radius 1 is 0.919 bits per heavy atom. The number of carbonyl (C=O) groups excluding carboxylic acids is 1. The fourth-order valence-corrected chi connectivity index (χ4v) is 5.33. The van der Waals surface area contributed by atoms with Gasteiger partial charge in [-0.05, 0) is 55.7 Å². The van der Waals surface area contributed by atoms with Gasteiger partial charge in [-0.3, -0.25) is 4.79 Å². The van der Waals surface area contributed by atoms with Crippen LogP contribution in [-0.4, -0.2) is 24.0 Å². The van der Waals surface area contributed by atoms with E-state index in [4.69, 9.17) is 10.5 Å². The summed E-state index contributed by atoms with van der Waals surface area (Å²) in [6.07, 6.45) is 0.